The van der Waals surface area contributed by atoms with Crippen molar-refractivity contribution in [3.05, 3.63) is 41.1 Å². The lowest BCUT2D eigenvalue weighted by Crippen LogP contribution is -2.28. The minimum Gasteiger partial charge on any atom is -0.410 e. The molecule has 8 heteroatoms. The number of fused-ring (bicyclic) bond motifs is 2. The fraction of sp³-hybridized carbons (Fsp3) is 0.231. The smallest absolute Gasteiger partial charge is 0.281 e. The highest BCUT2D eigenvalue weighted by Gasteiger charge is 2.37. The van der Waals surface area contributed by atoms with Crippen molar-refractivity contribution in [2.75, 3.05) is 11.4 Å². The molecule has 1 aliphatic heterocycles. The van der Waals surface area contributed by atoms with Crippen LogP contribution in [0.3, 0.4) is 0 Å². The molecule has 0 unspecified atom stereocenters. The van der Waals surface area contributed by atoms with Gasteiger partial charge in [-0.1, -0.05) is 23.4 Å². The van der Waals surface area contributed by atoms with Gasteiger partial charge in [-0.3, -0.25) is 8.99 Å². The Morgan fingerprint density at radius 1 is 1.24 bits per heavy atom. The Labute approximate surface area is 122 Å². The molecule has 21 heavy (non-hydrogen) atoms. The van der Waals surface area contributed by atoms with Crippen molar-refractivity contribution < 1.29 is 13.6 Å². The molecule has 1 N–H and O–H groups in total. The average molecular weight is 306 g/mol. The largest absolute Gasteiger partial charge is 0.410 e. The molecule has 0 saturated carbocycles. The lowest BCUT2D eigenvalue weighted by Gasteiger charge is -2.19. The molecule has 2 heterocycles. The molecule has 0 saturated heterocycles. The van der Waals surface area contributed by atoms with Crippen molar-refractivity contribution >= 4 is 21.4 Å². The minimum absolute atomic E-state index is 0.0199. The zero-order chi connectivity index (χ0) is 15.4. The molecule has 1 aliphatic rings. The Kier molecular flexibility index (Phi) is 2.80. The molecular weight excluding hydrogens is 292 g/mol. The van der Waals surface area contributed by atoms with Gasteiger partial charge in [-0.05, 0) is 13.0 Å². The number of hydrogen-bond donors (Lipinski definition) is 1. The second kappa shape index (κ2) is 4.32. The Bertz CT molecular complexity index is 868. The van der Waals surface area contributed by atoms with Crippen LogP contribution in [0, 0.1) is 6.92 Å². The van der Waals surface area contributed by atoms with E-state index in [1.54, 1.807) is 38.2 Å². The van der Waals surface area contributed by atoms with Crippen LogP contribution in [0.4, 0.5) is 5.69 Å². The number of oxime groups is 1. The van der Waals surface area contributed by atoms with E-state index in [1.807, 2.05) is 0 Å². The van der Waals surface area contributed by atoms with Gasteiger partial charge < -0.3 is 5.21 Å². The van der Waals surface area contributed by atoms with Crippen molar-refractivity contribution in [3.63, 3.8) is 0 Å². The van der Waals surface area contributed by atoms with Crippen LogP contribution < -0.4 is 4.31 Å². The van der Waals surface area contributed by atoms with Crippen molar-refractivity contribution in [1.29, 1.82) is 0 Å². The van der Waals surface area contributed by atoms with Crippen molar-refractivity contribution in [3.8, 4) is 0 Å². The van der Waals surface area contributed by atoms with Gasteiger partial charge in [0.05, 0.1) is 16.9 Å². The first kappa shape index (κ1) is 13.6. The van der Waals surface area contributed by atoms with E-state index in [1.165, 1.54) is 16.0 Å². The SMILES string of the molecule is Cc1nn(C)c2c1/C(=N\O)c1ccccc1N(C)S2(=O)=O. The second-order valence-electron chi connectivity index (χ2n) is 4.83. The second-order valence-corrected chi connectivity index (χ2v) is 6.71. The number of nitrogens with zero attached hydrogens (tertiary/aromatic N) is 4. The van der Waals surface area contributed by atoms with Crippen LogP contribution in [0.1, 0.15) is 16.8 Å². The van der Waals surface area contributed by atoms with E-state index in [-0.39, 0.29) is 10.7 Å². The summed E-state index contributed by atoms with van der Waals surface area (Å²) in [6.07, 6.45) is 0. The van der Waals surface area contributed by atoms with E-state index in [9.17, 15) is 13.6 Å². The molecule has 0 radical (unpaired) electrons. The van der Waals surface area contributed by atoms with E-state index in [0.717, 1.165) is 0 Å². The van der Waals surface area contributed by atoms with E-state index >= 15 is 0 Å². The van der Waals surface area contributed by atoms with Crippen LogP contribution in [0.25, 0.3) is 0 Å². The third kappa shape index (κ3) is 1.69. The summed E-state index contributed by atoms with van der Waals surface area (Å²) < 4.78 is 28.1. The molecule has 0 atom stereocenters. The molecule has 1 aromatic carbocycles. The fourth-order valence-electron chi connectivity index (χ4n) is 2.65. The van der Waals surface area contributed by atoms with Crippen molar-refractivity contribution in [2.45, 2.75) is 11.9 Å². The monoisotopic (exact) mass is 306 g/mol. The third-order valence-corrected chi connectivity index (χ3v) is 5.48. The Balaban J connectivity index is 2.53. The maximum atomic E-state index is 12.8. The van der Waals surface area contributed by atoms with Crippen LogP contribution in [0.15, 0.2) is 34.4 Å². The first-order valence-corrected chi connectivity index (χ1v) is 7.68. The number of anilines is 1. The quantitative estimate of drug-likeness (QED) is 0.583. The number of aryl methyl sites for hydroxylation is 2. The summed E-state index contributed by atoms with van der Waals surface area (Å²) in [7, 11) is -0.751. The summed E-state index contributed by atoms with van der Waals surface area (Å²) in [4.78, 5) is 0. The van der Waals surface area contributed by atoms with Gasteiger partial charge in [-0.15, -0.1) is 0 Å². The van der Waals surface area contributed by atoms with Gasteiger partial charge in [0.2, 0.25) is 0 Å². The van der Waals surface area contributed by atoms with Gasteiger partial charge in [0.1, 0.15) is 5.71 Å². The molecule has 0 amide bonds. The fourth-order valence-corrected chi connectivity index (χ4v) is 4.21. The van der Waals surface area contributed by atoms with Crippen molar-refractivity contribution in [1.82, 2.24) is 9.78 Å². The highest BCUT2D eigenvalue weighted by Crippen LogP contribution is 2.35. The number of benzene rings is 1. The van der Waals surface area contributed by atoms with Crippen LogP contribution >= 0.6 is 0 Å². The first-order chi connectivity index (χ1) is 9.89. The maximum Gasteiger partial charge on any atom is 0.281 e. The number of sulfonamides is 1. The Morgan fingerprint density at radius 2 is 1.90 bits per heavy atom. The van der Waals surface area contributed by atoms with Gasteiger partial charge in [0.15, 0.2) is 5.03 Å². The zero-order valence-corrected chi connectivity index (χ0v) is 12.6. The molecular formula is C13H14N4O3S. The normalized spacial score (nSPS) is 18.2. The lowest BCUT2D eigenvalue weighted by atomic mass is 10.0. The van der Waals surface area contributed by atoms with E-state index in [2.05, 4.69) is 10.3 Å². The third-order valence-electron chi connectivity index (χ3n) is 3.61. The highest BCUT2D eigenvalue weighted by molar-refractivity contribution is 7.92. The molecule has 2 aromatic rings. The minimum atomic E-state index is -3.78. The highest BCUT2D eigenvalue weighted by atomic mass is 32.2. The van der Waals surface area contributed by atoms with Gasteiger partial charge in [-0.25, -0.2) is 0 Å². The summed E-state index contributed by atoms with van der Waals surface area (Å²) in [5, 5.41) is 16.9. The molecule has 0 aliphatic carbocycles. The number of para-hydroxylation sites is 1. The van der Waals surface area contributed by atoms with E-state index in [0.29, 0.717) is 22.5 Å². The number of hydrogen-bond acceptors (Lipinski definition) is 5. The summed E-state index contributed by atoms with van der Waals surface area (Å²) >= 11 is 0. The lowest BCUT2D eigenvalue weighted by molar-refractivity contribution is 0.319. The average Bonchev–Trinajstić information content (AvgIpc) is 2.71. The Hall–Kier alpha value is -2.35. The maximum absolute atomic E-state index is 12.8. The standard InChI is InChI=1S/C13H14N4O3S/c1-8-11-12(15-18)9-6-4-5-7-10(9)17(3)21(19,20)13(11)16(2)14-8/h4-7,18H,1-3H3/b15-12-. The summed E-state index contributed by atoms with van der Waals surface area (Å²) in [5.41, 5.74) is 2.03. The molecule has 110 valence electrons. The van der Waals surface area contributed by atoms with Crippen LogP contribution in [0.2, 0.25) is 0 Å². The van der Waals surface area contributed by atoms with E-state index < -0.39 is 10.0 Å². The van der Waals surface area contributed by atoms with Crippen LogP contribution in [0.5, 0.6) is 0 Å². The molecule has 0 spiro atoms. The Morgan fingerprint density at radius 3 is 2.57 bits per heavy atom. The van der Waals surface area contributed by atoms with Gasteiger partial charge in [-0.2, -0.15) is 13.5 Å². The molecule has 3 rings (SSSR count). The first-order valence-electron chi connectivity index (χ1n) is 6.24. The topological polar surface area (TPSA) is 87.8 Å². The predicted molar refractivity (Wildman–Crippen MR) is 77.4 cm³/mol. The zero-order valence-electron chi connectivity index (χ0n) is 11.8. The van der Waals surface area contributed by atoms with Crippen LogP contribution in [-0.4, -0.2) is 36.2 Å². The molecule has 7 nitrogen and oxygen atoms in total. The number of aromatic nitrogens is 2. The summed E-state index contributed by atoms with van der Waals surface area (Å²) in [6, 6.07) is 6.90. The number of rotatable bonds is 0. The molecule has 0 fully saturated rings. The van der Waals surface area contributed by atoms with E-state index in [4.69, 9.17) is 0 Å². The van der Waals surface area contributed by atoms with Gasteiger partial charge in [0.25, 0.3) is 10.0 Å². The molecule has 1 aromatic heterocycles. The van der Waals surface area contributed by atoms with Crippen molar-refractivity contribution in [2.24, 2.45) is 12.2 Å². The van der Waals surface area contributed by atoms with Gasteiger partial charge in [0, 0.05) is 19.7 Å². The summed E-state index contributed by atoms with van der Waals surface area (Å²) in [5.74, 6) is 0. The summed E-state index contributed by atoms with van der Waals surface area (Å²) in [6.45, 7) is 1.69. The van der Waals surface area contributed by atoms with Crippen LogP contribution in [-0.2, 0) is 17.1 Å². The molecule has 0 bridgehead atoms. The predicted octanol–water partition coefficient (Wildman–Crippen LogP) is 1.09. The van der Waals surface area contributed by atoms with Gasteiger partial charge >= 0.3 is 0 Å².